The van der Waals surface area contributed by atoms with Crippen molar-refractivity contribution in [2.24, 2.45) is 5.92 Å². The SMILES string of the molecule is C=CCn1c(C)nn(CN(CC)CC2CC2)c1=S. The first-order chi connectivity index (χ1) is 8.65. The van der Waals surface area contributed by atoms with Gasteiger partial charge in [-0.1, -0.05) is 13.0 Å². The maximum Gasteiger partial charge on any atom is 0.199 e. The predicted molar refractivity (Wildman–Crippen MR) is 76.0 cm³/mol. The molecule has 0 spiro atoms. The molecule has 1 aliphatic rings. The Labute approximate surface area is 114 Å². The van der Waals surface area contributed by atoms with Crippen LogP contribution in [0.2, 0.25) is 0 Å². The molecule has 0 saturated heterocycles. The maximum absolute atomic E-state index is 5.46. The molecular weight excluding hydrogens is 244 g/mol. The molecular formula is C13H22N4S. The highest BCUT2D eigenvalue weighted by molar-refractivity contribution is 7.71. The molecule has 1 fully saturated rings. The van der Waals surface area contributed by atoms with Gasteiger partial charge in [-0.25, -0.2) is 4.68 Å². The summed E-state index contributed by atoms with van der Waals surface area (Å²) < 4.78 is 4.74. The second kappa shape index (κ2) is 5.80. The third kappa shape index (κ3) is 3.09. The Morgan fingerprint density at radius 3 is 2.83 bits per heavy atom. The third-order valence-electron chi connectivity index (χ3n) is 3.41. The maximum atomic E-state index is 5.46. The number of rotatable bonds is 7. The molecule has 1 aromatic heterocycles. The van der Waals surface area contributed by atoms with Gasteiger partial charge in [0, 0.05) is 13.1 Å². The number of nitrogens with zero attached hydrogens (tertiary/aromatic N) is 4. The Balaban J connectivity index is 2.09. The fourth-order valence-corrected chi connectivity index (χ4v) is 2.43. The molecule has 0 bridgehead atoms. The van der Waals surface area contributed by atoms with Gasteiger partial charge in [-0.2, -0.15) is 5.10 Å². The van der Waals surface area contributed by atoms with Crippen LogP contribution in [0.15, 0.2) is 12.7 Å². The fourth-order valence-electron chi connectivity index (χ4n) is 2.12. The van der Waals surface area contributed by atoms with Crippen molar-refractivity contribution < 1.29 is 0 Å². The number of hydrogen-bond acceptors (Lipinski definition) is 3. The van der Waals surface area contributed by atoms with Gasteiger partial charge >= 0.3 is 0 Å². The number of allylic oxidation sites excluding steroid dienone is 1. The minimum absolute atomic E-state index is 0.736. The lowest BCUT2D eigenvalue weighted by atomic mass is 10.4. The predicted octanol–water partition coefficient (Wildman–Crippen LogP) is 2.60. The van der Waals surface area contributed by atoms with E-state index in [1.54, 1.807) is 0 Å². The Morgan fingerprint density at radius 1 is 1.56 bits per heavy atom. The summed E-state index contributed by atoms with van der Waals surface area (Å²) in [5.41, 5.74) is 0. The number of aromatic nitrogens is 3. The molecule has 1 aromatic rings. The van der Waals surface area contributed by atoms with Crippen LogP contribution >= 0.6 is 12.2 Å². The zero-order valence-electron chi connectivity index (χ0n) is 11.3. The Bertz CT molecular complexity index is 470. The summed E-state index contributed by atoms with van der Waals surface area (Å²) in [7, 11) is 0. The number of hydrogen-bond donors (Lipinski definition) is 0. The second-order valence-electron chi connectivity index (χ2n) is 4.98. The highest BCUT2D eigenvalue weighted by Gasteiger charge is 2.24. The first-order valence-electron chi connectivity index (χ1n) is 6.63. The zero-order chi connectivity index (χ0) is 13.1. The fraction of sp³-hybridized carbons (Fsp3) is 0.692. The van der Waals surface area contributed by atoms with Crippen molar-refractivity contribution in [2.75, 3.05) is 13.1 Å². The first kappa shape index (κ1) is 13.5. The van der Waals surface area contributed by atoms with Crippen LogP contribution in [0.3, 0.4) is 0 Å². The van der Waals surface area contributed by atoms with Crippen molar-refractivity contribution in [1.29, 1.82) is 0 Å². The van der Waals surface area contributed by atoms with Gasteiger partial charge in [0.05, 0.1) is 6.67 Å². The highest BCUT2D eigenvalue weighted by Crippen LogP contribution is 2.29. The lowest BCUT2D eigenvalue weighted by molar-refractivity contribution is 0.207. The molecule has 0 amide bonds. The van der Waals surface area contributed by atoms with Crippen molar-refractivity contribution in [2.45, 2.75) is 39.9 Å². The van der Waals surface area contributed by atoms with E-state index in [-0.39, 0.29) is 0 Å². The molecule has 0 radical (unpaired) electrons. The quantitative estimate of drug-likeness (QED) is 0.560. The topological polar surface area (TPSA) is 26.0 Å². The highest BCUT2D eigenvalue weighted by atomic mass is 32.1. The summed E-state index contributed by atoms with van der Waals surface area (Å²) in [6, 6.07) is 0. The van der Waals surface area contributed by atoms with Crippen LogP contribution in [0.5, 0.6) is 0 Å². The first-order valence-corrected chi connectivity index (χ1v) is 7.04. The van der Waals surface area contributed by atoms with Crippen molar-refractivity contribution in [3.63, 3.8) is 0 Å². The van der Waals surface area contributed by atoms with E-state index in [0.29, 0.717) is 0 Å². The van der Waals surface area contributed by atoms with Crippen molar-refractivity contribution in [1.82, 2.24) is 19.2 Å². The summed E-state index contributed by atoms with van der Waals surface area (Å²) in [6.07, 6.45) is 4.62. The Hall–Kier alpha value is -0.940. The van der Waals surface area contributed by atoms with Gasteiger partial charge in [-0.05, 0) is 44.4 Å². The molecule has 1 saturated carbocycles. The lowest BCUT2D eigenvalue weighted by Crippen LogP contribution is -2.29. The lowest BCUT2D eigenvalue weighted by Gasteiger charge is -2.19. The van der Waals surface area contributed by atoms with Gasteiger partial charge in [0.2, 0.25) is 0 Å². The molecule has 2 rings (SSSR count). The van der Waals surface area contributed by atoms with Crippen molar-refractivity contribution in [3.8, 4) is 0 Å². The van der Waals surface area contributed by atoms with E-state index in [1.165, 1.54) is 19.4 Å². The average Bonchev–Trinajstić information content (AvgIpc) is 3.12. The average molecular weight is 266 g/mol. The summed E-state index contributed by atoms with van der Waals surface area (Å²) in [5.74, 6) is 1.86. The van der Waals surface area contributed by atoms with E-state index in [9.17, 15) is 0 Å². The molecule has 100 valence electrons. The van der Waals surface area contributed by atoms with Gasteiger partial charge in [0.25, 0.3) is 0 Å². The van der Waals surface area contributed by atoms with E-state index in [4.69, 9.17) is 12.2 Å². The minimum Gasteiger partial charge on any atom is -0.300 e. The summed E-state index contributed by atoms with van der Waals surface area (Å²) in [6.45, 7) is 11.7. The summed E-state index contributed by atoms with van der Waals surface area (Å²) in [4.78, 5) is 2.41. The Morgan fingerprint density at radius 2 is 2.28 bits per heavy atom. The third-order valence-corrected chi connectivity index (χ3v) is 3.85. The van der Waals surface area contributed by atoms with Gasteiger partial charge in [-0.15, -0.1) is 6.58 Å². The monoisotopic (exact) mass is 266 g/mol. The molecule has 0 aliphatic heterocycles. The van der Waals surface area contributed by atoms with Crippen LogP contribution in [-0.2, 0) is 13.2 Å². The number of aryl methyl sites for hydroxylation is 1. The van der Waals surface area contributed by atoms with E-state index in [0.717, 1.165) is 36.3 Å². The molecule has 18 heavy (non-hydrogen) atoms. The molecule has 5 heteroatoms. The second-order valence-corrected chi connectivity index (χ2v) is 5.35. The summed E-state index contributed by atoms with van der Waals surface area (Å²) >= 11 is 5.46. The van der Waals surface area contributed by atoms with Crippen LogP contribution in [-0.4, -0.2) is 32.3 Å². The molecule has 0 atom stereocenters. The van der Waals surface area contributed by atoms with Gasteiger partial charge in [0.15, 0.2) is 4.77 Å². The van der Waals surface area contributed by atoms with E-state index in [1.807, 2.05) is 22.2 Å². The van der Waals surface area contributed by atoms with Crippen LogP contribution in [0.4, 0.5) is 0 Å². The van der Waals surface area contributed by atoms with Gasteiger partial charge < -0.3 is 4.57 Å². The molecule has 0 N–H and O–H groups in total. The van der Waals surface area contributed by atoms with Gasteiger partial charge in [0.1, 0.15) is 5.82 Å². The molecule has 1 heterocycles. The van der Waals surface area contributed by atoms with Crippen LogP contribution < -0.4 is 0 Å². The van der Waals surface area contributed by atoms with Crippen LogP contribution in [0, 0.1) is 17.6 Å². The summed E-state index contributed by atoms with van der Waals surface area (Å²) in [5, 5.41) is 4.53. The van der Waals surface area contributed by atoms with Crippen molar-refractivity contribution in [3.05, 3.63) is 23.3 Å². The van der Waals surface area contributed by atoms with E-state index in [2.05, 4.69) is 23.5 Å². The van der Waals surface area contributed by atoms with Crippen LogP contribution in [0.1, 0.15) is 25.6 Å². The Kier molecular flexibility index (Phi) is 4.35. The molecule has 0 aromatic carbocycles. The molecule has 1 aliphatic carbocycles. The largest absolute Gasteiger partial charge is 0.300 e. The van der Waals surface area contributed by atoms with Crippen LogP contribution in [0.25, 0.3) is 0 Å². The minimum atomic E-state index is 0.736. The normalized spacial score (nSPS) is 15.3. The van der Waals surface area contributed by atoms with E-state index < -0.39 is 0 Å². The molecule has 4 nitrogen and oxygen atoms in total. The standard InChI is InChI=1S/C13H22N4S/c1-4-8-16-11(3)14-17(13(16)18)10-15(5-2)9-12-6-7-12/h4,12H,1,5-10H2,2-3H3. The van der Waals surface area contributed by atoms with Crippen molar-refractivity contribution >= 4 is 12.2 Å². The van der Waals surface area contributed by atoms with Gasteiger partial charge in [-0.3, -0.25) is 4.90 Å². The molecule has 0 unspecified atom stereocenters. The van der Waals surface area contributed by atoms with E-state index >= 15 is 0 Å². The zero-order valence-corrected chi connectivity index (χ0v) is 12.1. The smallest absolute Gasteiger partial charge is 0.199 e.